The highest BCUT2D eigenvalue weighted by atomic mass is 16.2. The Labute approximate surface area is 212 Å². The monoisotopic (exact) mass is 488 g/mol. The first-order valence-corrected chi connectivity index (χ1v) is 12.9. The lowest BCUT2D eigenvalue weighted by Gasteiger charge is -2.41. The van der Waals surface area contributed by atoms with Crippen molar-refractivity contribution in [3.05, 3.63) is 41.2 Å². The summed E-state index contributed by atoms with van der Waals surface area (Å²) in [6.45, 7) is 12.6. The van der Waals surface area contributed by atoms with E-state index in [2.05, 4.69) is 54.5 Å². The number of dihydropyridines is 1. The molecular weight excluding hydrogens is 452 g/mol. The van der Waals surface area contributed by atoms with Gasteiger partial charge in [-0.1, -0.05) is 11.6 Å². The molecule has 0 bridgehead atoms. The first-order valence-electron chi connectivity index (χ1n) is 12.9. The number of aromatic nitrogens is 3. The van der Waals surface area contributed by atoms with Crippen molar-refractivity contribution in [1.29, 1.82) is 0 Å². The van der Waals surface area contributed by atoms with Crippen LogP contribution in [0.2, 0.25) is 0 Å². The molecule has 36 heavy (non-hydrogen) atoms. The van der Waals surface area contributed by atoms with Crippen molar-refractivity contribution < 1.29 is 9.59 Å². The van der Waals surface area contributed by atoms with Crippen LogP contribution in [0.3, 0.4) is 0 Å². The van der Waals surface area contributed by atoms with Gasteiger partial charge >= 0.3 is 0 Å². The molecule has 190 valence electrons. The predicted molar refractivity (Wildman–Crippen MR) is 142 cm³/mol. The smallest absolute Gasteiger partial charge is 0.254 e. The minimum atomic E-state index is -0.444. The molecule has 0 radical (unpaired) electrons. The van der Waals surface area contributed by atoms with Gasteiger partial charge in [-0.05, 0) is 84.9 Å². The van der Waals surface area contributed by atoms with E-state index in [9.17, 15) is 9.59 Å². The Morgan fingerprint density at radius 1 is 1.22 bits per heavy atom. The van der Waals surface area contributed by atoms with E-state index in [-0.39, 0.29) is 29.4 Å². The van der Waals surface area contributed by atoms with Gasteiger partial charge in [-0.2, -0.15) is 5.10 Å². The van der Waals surface area contributed by atoms with Crippen LogP contribution >= 0.6 is 0 Å². The highest BCUT2D eigenvalue weighted by molar-refractivity contribution is 6.07. The van der Waals surface area contributed by atoms with Gasteiger partial charge < -0.3 is 10.6 Å². The van der Waals surface area contributed by atoms with Gasteiger partial charge in [-0.25, -0.2) is 14.7 Å². The fraction of sp³-hybridized carbons (Fsp3) is 0.536. The zero-order valence-electron chi connectivity index (χ0n) is 22.1. The molecule has 8 heteroatoms. The molecule has 0 spiro atoms. The average molecular weight is 489 g/mol. The van der Waals surface area contributed by atoms with Gasteiger partial charge in [-0.15, -0.1) is 0 Å². The van der Waals surface area contributed by atoms with Crippen LogP contribution in [0, 0.1) is 5.92 Å². The van der Waals surface area contributed by atoms with Gasteiger partial charge in [-0.3, -0.25) is 9.59 Å². The van der Waals surface area contributed by atoms with Crippen LogP contribution in [-0.4, -0.2) is 49.9 Å². The number of carbonyl (C=O) groups is 2. The van der Waals surface area contributed by atoms with Crippen molar-refractivity contribution in [2.45, 2.75) is 84.3 Å². The molecule has 2 aromatic heterocycles. The third kappa shape index (κ3) is 4.66. The molecule has 2 amide bonds. The molecule has 1 saturated carbocycles. The molecule has 5 rings (SSSR count). The molecule has 2 aromatic rings. The summed E-state index contributed by atoms with van der Waals surface area (Å²) in [5.74, 6) is -0.881. The molecule has 8 nitrogen and oxygen atoms in total. The molecule has 0 aromatic carbocycles. The van der Waals surface area contributed by atoms with Crippen LogP contribution in [0.15, 0.2) is 35.0 Å². The maximum absolute atomic E-state index is 13.6. The fourth-order valence-electron chi connectivity index (χ4n) is 5.80. The minimum Gasteiger partial charge on any atom is -0.351 e. The Morgan fingerprint density at radius 2 is 1.97 bits per heavy atom. The Bertz CT molecular complexity index is 1340. The second-order valence-corrected chi connectivity index (χ2v) is 11.8. The second-order valence-electron chi connectivity index (χ2n) is 11.8. The van der Waals surface area contributed by atoms with E-state index in [0.29, 0.717) is 17.3 Å². The topological polar surface area (TPSA) is 101 Å². The van der Waals surface area contributed by atoms with Crippen molar-refractivity contribution in [1.82, 2.24) is 25.4 Å². The second kappa shape index (κ2) is 8.76. The number of amides is 2. The number of pyridine rings is 1. The Morgan fingerprint density at radius 3 is 2.61 bits per heavy atom. The van der Waals surface area contributed by atoms with Crippen LogP contribution < -0.4 is 10.6 Å². The van der Waals surface area contributed by atoms with E-state index < -0.39 is 5.92 Å². The highest BCUT2D eigenvalue weighted by Crippen LogP contribution is 2.37. The van der Waals surface area contributed by atoms with E-state index in [0.717, 1.165) is 47.1 Å². The Kier molecular flexibility index (Phi) is 5.98. The number of aliphatic imine (C=N–C) groups is 1. The maximum atomic E-state index is 13.6. The molecule has 2 aliphatic heterocycles. The van der Waals surface area contributed by atoms with Gasteiger partial charge in [0.15, 0.2) is 5.65 Å². The van der Waals surface area contributed by atoms with Gasteiger partial charge in [0.05, 0.1) is 34.8 Å². The summed E-state index contributed by atoms with van der Waals surface area (Å²) in [6, 6.07) is 2.21. The molecular formula is C28H36N6O2. The Hall–Kier alpha value is -3.13. The van der Waals surface area contributed by atoms with Crippen molar-refractivity contribution in [3.63, 3.8) is 0 Å². The fourth-order valence-corrected chi connectivity index (χ4v) is 5.80. The molecule has 1 fully saturated rings. The van der Waals surface area contributed by atoms with Crippen LogP contribution in [0.4, 0.5) is 0 Å². The first kappa shape index (κ1) is 24.6. The number of rotatable bonds is 5. The zero-order chi connectivity index (χ0) is 25.8. The van der Waals surface area contributed by atoms with Crippen molar-refractivity contribution in [2.24, 2.45) is 10.9 Å². The zero-order valence-corrected chi connectivity index (χ0v) is 22.1. The third-order valence-corrected chi connectivity index (χ3v) is 7.43. The summed E-state index contributed by atoms with van der Waals surface area (Å²) in [4.78, 5) is 35.1. The highest BCUT2D eigenvalue weighted by Gasteiger charge is 2.34. The number of allylic oxidation sites excluding steroid dienone is 1. The van der Waals surface area contributed by atoms with E-state index in [1.54, 1.807) is 6.20 Å². The van der Waals surface area contributed by atoms with E-state index >= 15 is 0 Å². The minimum absolute atomic E-state index is 0.106. The van der Waals surface area contributed by atoms with Gasteiger partial charge in [0.25, 0.3) is 11.8 Å². The van der Waals surface area contributed by atoms with Gasteiger partial charge in [0.2, 0.25) is 0 Å². The van der Waals surface area contributed by atoms with Gasteiger partial charge in [0.1, 0.15) is 0 Å². The first-order chi connectivity index (χ1) is 16.9. The molecule has 3 aliphatic rings. The number of fused-ring (bicyclic) bond motifs is 1. The lowest BCUT2D eigenvalue weighted by molar-refractivity contribution is -0.120. The number of hydrogen-bond donors (Lipinski definition) is 2. The SMILES string of the molecule is CC1=CC(C)=NC(=O)C1CNC(=O)c1cc(C2=CC(C)(C)NC(C)(C)C2)nc2c1cnn2C1CCC1. The molecule has 0 saturated heterocycles. The van der Waals surface area contributed by atoms with E-state index in [1.165, 1.54) is 6.42 Å². The van der Waals surface area contributed by atoms with Crippen LogP contribution in [0.1, 0.15) is 89.3 Å². The summed E-state index contributed by atoms with van der Waals surface area (Å²) in [5.41, 5.74) is 4.52. The van der Waals surface area contributed by atoms with Crippen molar-refractivity contribution in [3.8, 4) is 0 Å². The quantitative estimate of drug-likeness (QED) is 0.650. The number of carbonyl (C=O) groups excluding carboxylic acids is 2. The molecule has 2 N–H and O–H groups in total. The van der Waals surface area contributed by atoms with Crippen molar-refractivity contribution >= 4 is 34.1 Å². The summed E-state index contributed by atoms with van der Waals surface area (Å²) < 4.78 is 1.99. The predicted octanol–water partition coefficient (Wildman–Crippen LogP) is 4.38. The normalized spacial score (nSPS) is 23.6. The lowest BCUT2D eigenvalue weighted by atomic mass is 9.82. The standard InChI is InChI=1S/C28H36N6O2/c1-16-10-17(2)31-26(36)21(16)14-29-25(35)20-11-23(18-12-27(3,4)33-28(5,6)13-18)32-24-22(20)15-30-34(24)19-8-7-9-19/h10-12,15,19,21,33H,7-9,13-14H2,1-6H3,(H,29,35). The van der Waals surface area contributed by atoms with Gasteiger partial charge in [0, 0.05) is 23.3 Å². The Balaban J connectivity index is 1.52. The van der Waals surface area contributed by atoms with E-state index in [4.69, 9.17) is 4.98 Å². The summed E-state index contributed by atoms with van der Waals surface area (Å²) in [6.07, 6.45) is 10.0. The van der Waals surface area contributed by atoms with Crippen LogP contribution in [0.25, 0.3) is 16.6 Å². The summed E-state index contributed by atoms with van der Waals surface area (Å²) in [7, 11) is 0. The molecule has 1 unspecified atom stereocenters. The third-order valence-electron chi connectivity index (χ3n) is 7.43. The number of nitrogens with one attached hydrogen (secondary N) is 2. The van der Waals surface area contributed by atoms with Crippen molar-refractivity contribution in [2.75, 3.05) is 6.54 Å². The van der Waals surface area contributed by atoms with Crippen LogP contribution in [0.5, 0.6) is 0 Å². The molecule has 4 heterocycles. The van der Waals surface area contributed by atoms with Crippen LogP contribution in [-0.2, 0) is 4.79 Å². The molecule has 1 atom stereocenters. The summed E-state index contributed by atoms with van der Waals surface area (Å²) >= 11 is 0. The molecule has 1 aliphatic carbocycles. The van der Waals surface area contributed by atoms with E-state index in [1.807, 2.05) is 30.7 Å². The number of nitrogens with zero attached hydrogens (tertiary/aromatic N) is 4. The lowest BCUT2D eigenvalue weighted by Crippen LogP contribution is -2.53. The summed E-state index contributed by atoms with van der Waals surface area (Å²) in [5, 5.41) is 12.1. The maximum Gasteiger partial charge on any atom is 0.254 e. The number of hydrogen-bond acceptors (Lipinski definition) is 5. The average Bonchev–Trinajstić information content (AvgIpc) is 3.12. The largest absolute Gasteiger partial charge is 0.351 e.